The molecule has 108 valence electrons. The van der Waals surface area contributed by atoms with Crippen LogP contribution in [0, 0.1) is 0 Å². The summed E-state index contributed by atoms with van der Waals surface area (Å²) in [6.45, 7) is 3.43. The van der Waals surface area contributed by atoms with E-state index < -0.39 is 23.6 Å². The van der Waals surface area contributed by atoms with Crippen LogP contribution >= 0.6 is 0 Å². The van der Waals surface area contributed by atoms with E-state index in [0.29, 0.717) is 12.0 Å². The number of hydrogen-bond donors (Lipinski definition) is 1. The normalized spacial score (nSPS) is 20.6. The van der Waals surface area contributed by atoms with E-state index in [1.807, 2.05) is 12.1 Å². The zero-order valence-electron chi connectivity index (χ0n) is 11.6. The van der Waals surface area contributed by atoms with Gasteiger partial charge >= 0.3 is 11.9 Å². The first-order chi connectivity index (χ1) is 9.44. The number of esters is 2. The Labute approximate surface area is 117 Å². The molecule has 1 N–H and O–H groups in total. The summed E-state index contributed by atoms with van der Waals surface area (Å²) in [5.41, 5.74) is -0.122. The molecule has 0 spiro atoms. The third-order valence-corrected chi connectivity index (χ3v) is 3.39. The quantitative estimate of drug-likeness (QED) is 0.844. The second-order valence-electron chi connectivity index (χ2n) is 5.09. The lowest BCUT2D eigenvalue weighted by Gasteiger charge is -2.34. The summed E-state index contributed by atoms with van der Waals surface area (Å²) in [7, 11) is 0. The lowest BCUT2D eigenvalue weighted by Crippen LogP contribution is -2.47. The van der Waals surface area contributed by atoms with Gasteiger partial charge in [0.2, 0.25) is 0 Å². The predicted octanol–water partition coefficient (Wildman–Crippen LogP) is 1.47. The van der Waals surface area contributed by atoms with Crippen LogP contribution in [0.25, 0.3) is 0 Å². The van der Waals surface area contributed by atoms with Crippen LogP contribution in [0.2, 0.25) is 0 Å². The molecule has 2 rings (SSSR count). The first kappa shape index (κ1) is 14.5. The Morgan fingerprint density at radius 3 is 2.90 bits per heavy atom. The van der Waals surface area contributed by atoms with Gasteiger partial charge in [-0.3, -0.25) is 4.79 Å². The number of cyclic esters (lactones) is 1. The Balaban J connectivity index is 2.15. The largest absolute Gasteiger partial charge is 0.466 e. The molecule has 0 saturated carbocycles. The topological polar surface area (TPSA) is 72.8 Å². The second-order valence-corrected chi connectivity index (χ2v) is 5.09. The molecule has 1 aliphatic rings. The SMILES string of the molecule is CCOC(=O)CC(C)(O)C1Cc2ccccc2C(=O)O1. The zero-order valence-corrected chi connectivity index (χ0v) is 11.6. The second kappa shape index (κ2) is 5.63. The van der Waals surface area contributed by atoms with E-state index in [0.717, 1.165) is 5.56 Å². The van der Waals surface area contributed by atoms with Gasteiger partial charge in [0, 0.05) is 6.42 Å². The minimum absolute atomic E-state index is 0.207. The van der Waals surface area contributed by atoms with Crippen molar-refractivity contribution >= 4 is 11.9 Å². The third kappa shape index (κ3) is 2.99. The van der Waals surface area contributed by atoms with Crippen molar-refractivity contribution < 1.29 is 24.2 Å². The van der Waals surface area contributed by atoms with Gasteiger partial charge in [0.1, 0.15) is 11.7 Å². The van der Waals surface area contributed by atoms with Crippen molar-refractivity contribution in [1.29, 1.82) is 0 Å². The van der Waals surface area contributed by atoms with Crippen LogP contribution in [0.3, 0.4) is 0 Å². The summed E-state index contributed by atoms with van der Waals surface area (Å²) in [6.07, 6.45) is -0.579. The van der Waals surface area contributed by atoms with Crippen molar-refractivity contribution in [2.24, 2.45) is 0 Å². The number of aliphatic hydroxyl groups is 1. The van der Waals surface area contributed by atoms with Crippen LogP contribution in [-0.2, 0) is 20.7 Å². The first-order valence-electron chi connectivity index (χ1n) is 6.61. The molecule has 0 aliphatic carbocycles. The number of carbonyl (C=O) groups is 2. The molecule has 1 heterocycles. The van der Waals surface area contributed by atoms with Gasteiger partial charge in [-0.15, -0.1) is 0 Å². The highest BCUT2D eigenvalue weighted by Crippen LogP contribution is 2.28. The van der Waals surface area contributed by atoms with Gasteiger partial charge in [-0.1, -0.05) is 18.2 Å². The van der Waals surface area contributed by atoms with E-state index in [1.54, 1.807) is 19.1 Å². The molecule has 0 amide bonds. The summed E-state index contributed by atoms with van der Waals surface area (Å²) in [4.78, 5) is 23.4. The van der Waals surface area contributed by atoms with Crippen LogP contribution in [-0.4, -0.2) is 35.4 Å². The highest BCUT2D eigenvalue weighted by molar-refractivity contribution is 5.92. The summed E-state index contributed by atoms with van der Waals surface area (Å²) in [5.74, 6) is -0.978. The molecular weight excluding hydrogens is 260 g/mol. The van der Waals surface area contributed by atoms with Crippen LogP contribution in [0.4, 0.5) is 0 Å². The van der Waals surface area contributed by atoms with Gasteiger partial charge < -0.3 is 14.6 Å². The molecule has 0 saturated heterocycles. The van der Waals surface area contributed by atoms with Crippen LogP contribution in [0.1, 0.15) is 36.2 Å². The molecule has 20 heavy (non-hydrogen) atoms. The molecule has 0 aromatic heterocycles. The Hall–Kier alpha value is -1.88. The summed E-state index contributed by atoms with van der Waals surface area (Å²) < 4.78 is 10.1. The summed E-state index contributed by atoms with van der Waals surface area (Å²) in [5, 5.41) is 10.4. The summed E-state index contributed by atoms with van der Waals surface area (Å²) in [6, 6.07) is 7.10. The fourth-order valence-corrected chi connectivity index (χ4v) is 2.30. The van der Waals surface area contributed by atoms with Gasteiger partial charge in [-0.2, -0.15) is 0 Å². The molecule has 2 unspecified atom stereocenters. The van der Waals surface area contributed by atoms with Gasteiger partial charge in [0.15, 0.2) is 0 Å². The molecule has 5 nitrogen and oxygen atoms in total. The maximum absolute atomic E-state index is 11.9. The lowest BCUT2D eigenvalue weighted by atomic mass is 9.87. The fourth-order valence-electron chi connectivity index (χ4n) is 2.30. The Morgan fingerprint density at radius 1 is 1.50 bits per heavy atom. The molecule has 1 aromatic carbocycles. The van der Waals surface area contributed by atoms with Crippen molar-refractivity contribution in [2.45, 2.75) is 38.4 Å². The lowest BCUT2D eigenvalue weighted by molar-refractivity contribution is -0.154. The minimum Gasteiger partial charge on any atom is -0.466 e. The number of carbonyl (C=O) groups excluding carboxylic acids is 2. The number of rotatable bonds is 4. The molecule has 5 heteroatoms. The van der Waals surface area contributed by atoms with Gasteiger partial charge in [-0.05, 0) is 25.5 Å². The number of ether oxygens (including phenoxy) is 2. The minimum atomic E-state index is -1.45. The van der Waals surface area contributed by atoms with E-state index in [9.17, 15) is 14.7 Å². The van der Waals surface area contributed by atoms with Gasteiger partial charge in [0.25, 0.3) is 0 Å². The molecule has 2 atom stereocenters. The molecule has 0 bridgehead atoms. The standard InChI is InChI=1S/C15H18O5/c1-3-19-13(16)9-15(2,18)12-8-10-6-4-5-7-11(10)14(17)20-12/h4-7,12,18H,3,8-9H2,1-2H3. The Kier molecular flexibility index (Phi) is 4.09. The van der Waals surface area contributed by atoms with Crippen LogP contribution in [0.5, 0.6) is 0 Å². The fraction of sp³-hybridized carbons (Fsp3) is 0.467. The van der Waals surface area contributed by atoms with Crippen molar-refractivity contribution in [3.05, 3.63) is 35.4 Å². The van der Waals surface area contributed by atoms with Crippen molar-refractivity contribution in [1.82, 2.24) is 0 Å². The van der Waals surface area contributed by atoms with Gasteiger partial charge in [-0.25, -0.2) is 4.79 Å². The van der Waals surface area contributed by atoms with Crippen molar-refractivity contribution in [3.63, 3.8) is 0 Å². The highest BCUT2D eigenvalue weighted by Gasteiger charge is 2.41. The smallest absolute Gasteiger partial charge is 0.338 e. The van der Waals surface area contributed by atoms with E-state index in [-0.39, 0.29) is 13.0 Å². The molecular formula is C15H18O5. The molecule has 1 aromatic rings. The zero-order chi connectivity index (χ0) is 14.8. The highest BCUT2D eigenvalue weighted by atomic mass is 16.6. The van der Waals surface area contributed by atoms with E-state index in [2.05, 4.69) is 0 Å². The van der Waals surface area contributed by atoms with Crippen LogP contribution in [0.15, 0.2) is 24.3 Å². The molecule has 0 fully saturated rings. The maximum Gasteiger partial charge on any atom is 0.338 e. The van der Waals surface area contributed by atoms with Crippen LogP contribution < -0.4 is 0 Å². The average Bonchev–Trinajstić information content (AvgIpc) is 2.38. The van der Waals surface area contributed by atoms with Gasteiger partial charge in [0.05, 0.1) is 18.6 Å². The summed E-state index contributed by atoms with van der Waals surface area (Å²) >= 11 is 0. The monoisotopic (exact) mass is 278 g/mol. The van der Waals surface area contributed by atoms with E-state index in [4.69, 9.17) is 9.47 Å². The maximum atomic E-state index is 11.9. The van der Waals surface area contributed by atoms with E-state index >= 15 is 0 Å². The van der Waals surface area contributed by atoms with Crippen molar-refractivity contribution in [3.8, 4) is 0 Å². The average molecular weight is 278 g/mol. The molecule has 0 radical (unpaired) electrons. The number of fused-ring (bicyclic) bond motifs is 1. The Bertz CT molecular complexity index is 521. The number of hydrogen-bond acceptors (Lipinski definition) is 5. The molecule has 1 aliphatic heterocycles. The van der Waals surface area contributed by atoms with E-state index in [1.165, 1.54) is 6.92 Å². The third-order valence-electron chi connectivity index (χ3n) is 3.39. The van der Waals surface area contributed by atoms with Crippen molar-refractivity contribution in [2.75, 3.05) is 6.61 Å². The Morgan fingerprint density at radius 2 is 2.20 bits per heavy atom. The predicted molar refractivity (Wildman–Crippen MR) is 71.2 cm³/mol. The first-order valence-corrected chi connectivity index (χ1v) is 6.61. The number of benzene rings is 1.